The SMILES string of the molecule is COc1ccc(/C=C2\SC(=O)N(CCOc3cccc(C)c3)C2=O)cc1OS(=O)(=O)c1ccc(C)cc1. The second-order valence-electron chi connectivity index (χ2n) is 8.26. The third kappa shape index (κ3) is 6.33. The van der Waals surface area contributed by atoms with Crippen molar-refractivity contribution in [3.63, 3.8) is 0 Å². The van der Waals surface area contributed by atoms with Crippen molar-refractivity contribution >= 4 is 39.1 Å². The van der Waals surface area contributed by atoms with Gasteiger partial charge in [0.1, 0.15) is 17.3 Å². The minimum Gasteiger partial charge on any atom is -0.493 e. The first-order chi connectivity index (χ1) is 17.7. The predicted octanol–water partition coefficient (Wildman–Crippen LogP) is 5.20. The van der Waals surface area contributed by atoms with Crippen LogP contribution in [0.1, 0.15) is 16.7 Å². The molecule has 1 heterocycles. The van der Waals surface area contributed by atoms with E-state index >= 15 is 0 Å². The summed E-state index contributed by atoms with van der Waals surface area (Å²) < 4.78 is 41.8. The molecule has 0 N–H and O–H groups in total. The largest absolute Gasteiger partial charge is 0.493 e. The molecule has 0 saturated carbocycles. The van der Waals surface area contributed by atoms with Gasteiger partial charge in [-0.2, -0.15) is 8.42 Å². The Labute approximate surface area is 220 Å². The molecule has 0 radical (unpaired) electrons. The first kappa shape index (κ1) is 26.3. The van der Waals surface area contributed by atoms with Crippen LogP contribution in [0.15, 0.2) is 76.5 Å². The van der Waals surface area contributed by atoms with Crippen molar-refractivity contribution in [3.05, 3.63) is 88.3 Å². The molecule has 0 atom stereocenters. The van der Waals surface area contributed by atoms with E-state index in [1.54, 1.807) is 18.2 Å². The van der Waals surface area contributed by atoms with E-state index in [0.717, 1.165) is 27.8 Å². The fraction of sp³-hybridized carbons (Fsp3) is 0.185. The third-order valence-electron chi connectivity index (χ3n) is 5.44. The van der Waals surface area contributed by atoms with Crippen LogP contribution in [0, 0.1) is 13.8 Å². The van der Waals surface area contributed by atoms with E-state index in [0.29, 0.717) is 11.3 Å². The zero-order valence-corrected chi connectivity index (χ0v) is 22.1. The summed E-state index contributed by atoms with van der Waals surface area (Å²) in [5.41, 5.74) is 2.42. The van der Waals surface area contributed by atoms with Crippen LogP contribution < -0.4 is 13.7 Å². The number of thioether (sulfide) groups is 1. The second kappa shape index (κ2) is 11.1. The molecule has 1 aliphatic heterocycles. The van der Waals surface area contributed by atoms with Crippen LogP contribution in [-0.4, -0.2) is 44.7 Å². The highest BCUT2D eigenvalue weighted by atomic mass is 32.2. The highest BCUT2D eigenvalue weighted by Crippen LogP contribution is 2.35. The van der Waals surface area contributed by atoms with Gasteiger partial charge in [0, 0.05) is 0 Å². The Morgan fingerprint density at radius 1 is 0.919 bits per heavy atom. The molecule has 1 aliphatic rings. The average Bonchev–Trinajstić information content (AvgIpc) is 3.11. The second-order valence-corrected chi connectivity index (χ2v) is 10.8. The first-order valence-electron chi connectivity index (χ1n) is 11.3. The minimum atomic E-state index is -4.12. The lowest BCUT2D eigenvalue weighted by molar-refractivity contribution is -0.123. The summed E-state index contributed by atoms with van der Waals surface area (Å²) in [6.07, 6.45) is 1.51. The van der Waals surface area contributed by atoms with Crippen LogP contribution in [0.5, 0.6) is 17.2 Å². The van der Waals surface area contributed by atoms with Gasteiger partial charge in [0.2, 0.25) is 0 Å². The molecule has 8 nitrogen and oxygen atoms in total. The number of rotatable bonds is 9. The third-order valence-corrected chi connectivity index (χ3v) is 7.60. The van der Waals surface area contributed by atoms with Crippen molar-refractivity contribution in [2.45, 2.75) is 18.7 Å². The van der Waals surface area contributed by atoms with Crippen molar-refractivity contribution in [1.82, 2.24) is 4.90 Å². The topological polar surface area (TPSA) is 99.2 Å². The summed E-state index contributed by atoms with van der Waals surface area (Å²) in [6, 6.07) is 18.4. The highest BCUT2D eigenvalue weighted by Gasteiger charge is 2.35. The summed E-state index contributed by atoms with van der Waals surface area (Å²) in [4.78, 5) is 26.7. The number of carbonyl (C=O) groups is 2. The van der Waals surface area contributed by atoms with Crippen LogP contribution in [0.4, 0.5) is 4.79 Å². The van der Waals surface area contributed by atoms with Crippen LogP contribution in [0.2, 0.25) is 0 Å². The predicted molar refractivity (Wildman–Crippen MR) is 141 cm³/mol. The maximum absolute atomic E-state index is 12.9. The molecule has 1 saturated heterocycles. The fourth-order valence-electron chi connectivity index (χ4n) is 3.52. The molecule has 0 aliphatic carbocycles. The number of hydrogen-bond acceptors (Lipinski definition) is 8. The lowest BCUT2D eigenvalue weighted by atomic mass is 10.2. The summed E-state index contributed by atoms with van der Waals surface area (Å²) >= 11 is 0.805. The number of nitrogens with zero attached hydrogens (tertiary/aromatic N) is 1. The molecule has 192 valence electrons. The van der Waals surface area contributed by atoms with E-state index in [4.69, 9.17) is 13.7 Å². The van der Waals surface area contributed by atoms with Crippen molar-refractivity contribution in [2.75, 3.05) is 20.3 Å². The molecule has 3 aromatic carbocycles. The summed E-state index contributed by atoms with van der Waals surface area (Å²) in [5, 5.41) is -0.406. The maximum atomic E-state index is 12.9. The van der Waals surface area contributed by atoms with Crippen LogP contribution in [0.25, 0.3) is 6.08 Å². The maximum Gasteiger partial charge on any atom is 0.339 e. The summed E-state index contributed by atoms with van der Waals surface area (Å²) in [7, 11) is -2.73. The van der Waals surface area contributed by atoms with E-state index in [1.807, 2.05) is 38.1 Å². The Kier molecular flexibility index (Phi) is 7.89. The lowest BCUT2D eigenvalue weighted by Crippen LogP contribution is -2.32. The lowest BCUT2D eigenvalue weighted by Gasteiger charge is -2.13. The number of ether oxygens (including phenoxy) is 2. The Balaban J connectivity index is 1.49. The molecule has 0 aromatic heterocycles. The van der Waals surface area contributed by atoms with Gasteiger partial charge in [0.05, 0.1) is 18.6 Å². The molecule has 37 heavy (non-hydrogen) atoms. The average molecular weight is 540 g/mol. The smallest absolute Gasteiger partial charge is 0.339 e. The van der Waals surface area contributed by atoms with Gasteiger partial charge in [-0.25, -0.2) is 0 Å². The minimum absolute atomic E-state index is 0.000410. The van der Waals surface area contributed by atoms with Gasteiger partial charge in [-0.1, -0.05) is 35.9 Å². The van der Waals surface area contributed by atoms with Gasteiger partial charge >= 0.3 is 10.1 Å². The van der Waals surface area contributed by atoms with Gasteiger partial charge < -0.3 is 13.7 Å². The standard InChI is InChI=1S/C27H25NO7S2/c1-18-7-10-22(11-8-18)37(31,32)35-24-16-20(9-12-23(24)33-3)17-25-26(29)28(27(30)36-25)13-14-34-21-6-4-5-19(2)15-21/h4-12,15-17H,13-14H2,1-3H3/b25-17-. The molecule has 0 spiro atoms. The molecule has 2 amide bonds. The molecule has 3 aromatic rings. The van der Waals surface area contributed by atoms with E-state index in [2.05, 4.69) is 0 Å². The summed E-state index contributed by atoms with van der Waals surface area (Å²) in [5.74, 6) is 0.374. The Morgan fingerprint density at radius 3 is 2.38 bits per heavy atom. The van der Waals surface area contributed by atoms with E-state index in [1.165, 1.54) is 37.5 Å². The molecule has 0 bridgehead atoms. The number of benzene rings is 3. The number of amides is 2. The van der Waals surface area contributed by atoms with Gasteiger partial charge in [-0.15, -0.1) is 0 Å². The molecular formula is C27H25NO7S2. The molecule has 10 heteroatoms. The van der Waals surface area contributed by atoms with Crippen LogP contribution in [-0.2, 0) is 14.9 Å². The first-order valence-corrected chi connectivity index (χ1v) is 13.5. The zero-order chi connectivity index (χ0) is 26.6. The Bertz CT molecular complexity index is 1460. The van der Waals surface area contributed by atoms with Gasteiger partial charge in [0.25, 0.3) is 11.1 Å². The monoisotopic (exact) mass is 539 g/mol. The van der Waals surface area contributed by atoms with Gasteiger partial charge in [-0.05, 0) is 79.2 Å². The Morgan fingerprint density at radius 2 is 1.68 bits per heavy atom. The van der Waals surface area contributed by atoms with Gasteiger partial charge in [-0.3, -0.25) is 14.5 Å². The van der Waals surface area contributed by atoms with Crippen LogP contribution in [0.3, 0.4) is 0 Å². The molecular weight excluding hydrogens is 514 g/mol. The Hall–Kier alpha value is -3.76. The summed E-state index contributed by atoms with van der Waals surface area (Å²) in [6.45, 7) is 4.05. The van der Waals surface area contributed by atoms with Crippen LogP contribution >= 0.6 is 11.8 Å². The number of carbonyl (C=O) groups excluding carboxylic acids is 2. The molecule has 1 fully saturated rings. The van der Waals surface area contributed by atoms with Gasteiger partial charge in [0.15, 0.2) is 11.5 Å². The normalized spacial score (nSPS) is 14.8. The zero-order valence-electron chi connectivity index (χ0n) is 20.5. The molecule has 0 unspecified atom stereocenters. The van der Waals surface area contributed by atoms with Crippen molar-refractivity contribution in [2.24, 2.45) is 0 Å². The van der Waals surface area contributed by atoms with Crippen molar-refractivity contribution in [3.8, 4) is 17.2 Å². The number of imide groups is 1. The fourth-order valence-corrected chi connectivity index (χ4v) is 5.32. The van der Waals surface area contributed by atoms with Crippen molar-refractivity contribution in [1.29, 1.82) is 0 Å². The number of methoxy groups -OCH3 is 1. The highest BCUT2D eigenvalue weighted by molar-refractivity contribution is 8.18. The van der Waals surface area contributed by atoms with E-state index in [9.17, 15) is 18.0 Å². The number of hydrogen-bond donors (Lipinski definition) is 0. The van der Waals surface area contributed by atoms with Crippen molar-refractivity contribution < 1.29 is 31.7 Å². The van der Waals surface area contributed by atoms with E-state index in [-0.39, 0.29) is 34.5 Å². The quantitative estimate of drug-likeness (QED) is 0.270. The molecule has 4 rings (SSSR count). The van der Waals surface area contributed by atoms with E-state index < -0.39 is 21.3 Å². The number of aryl methyl sites for hydroxylation is 2.